The summed E-state index contributed by atoms with van der Waals surface area (Å²) in [6.07, 6.45) is 0. The van der Waals surface area contributed by atoms with E-state index in [1.165, 1.54) is 0 Å². The summed E-state index contributed by atoms with van der Waals surface area (Å²) in [5.41, 5.74) is 7.20. The molecule has 0 fully saturated rings. The third-order valence-corrected chi connectivity index (χ3v) is 2.19. The molecule has 72 valence electrons. The van der Waals surface area contributed by atoms with E-state index < -0.39 is 0 Å². The Kier molecular flexibility index (Phi) is 3.54. The molecular weight excluding hydrogens is 188 g/mol. The summed E-state index contributed by atoms with van der Waals surface area (Å²) in [7, 11) is 1.77. The molecule has 0 saturated carbocycles. The van der Waals surface area contributed by atoms with E-state index in [9.17, 15) is 0 Å². The van der Waals surface area contributed by atoms with Crippen molar-refractivity contribution in [2.24, 2.45) is 0 Å². The fraction of sp³-hybridized carbons (Fsp3) is 0.333. The predicted octanol–water partition coefficient (Wildman–Crippen LogP) is 1.18. The van der Waals surface area contributed by atoms with Gasteiger partial charge in [0.05, 0.1) is 12.6 Å². The number of aliphatic hydroxyl groups excluding tert-OH is 1. The molecule has 0 heterocycles. The number of hydrogen-bond acceptors (Lipinski definition) is 3. The van der Waals surface area contributed by atoms with Crippen LogP contribution in [0.5, 0.6) is 0 Å². The molecule has 3 nitrogen and oxygen atoms in total. The molecule has 0 aromatic heterocycles. The Morgan fingerprint density at radius 3 is 2.85 bits per heavy atom. The maximum Gasteiger partial charge on any atom is 0.0627 e. The molecular formula is C9H13ClN2O. The summed E-state index contributed by atoms with van der Waals surface area (Å²) in [5.74, 6) is 0. The number of anilines is 1. The molecule has 0 saturated heterocycles. The molecule has 0 unspecified atom stereocenters. The number of nitrogens with two attached hydrogens (primary N) is 1. The fourth-order valence-electron chi connectivity index (χ4n) is 1.19. The Bertz CT molecular complexity index is 287. The molecule has 0 amide bonds. The van der Waals surface area contributed by atoms with Crippen molar-refractivity contribution in [3.63, 3.8) is 0 Å². The number of aliphatic hydroxyl groups is 1. The molecule has 1 atom stereocenters. The van der Waals surface area contributed by atoms with E-state index in [2.05, 4.69) is 5.32 Å². The van der Waals surface area contributed by atoms with Crippen LogP contribution in [0.3, 0.4) is 0 Å². The molecule has 0 aliphatic heterocycles. The van der Waals surface area contributed by atoms with Crippen molar-refractivity contribution in [3.05, 3.63) is 28.8 Å². The molecule has 0 aliphatic rings. The summed E-state index contributed by atoms with van der Waals surface area (Å²) in [6, 6.07) is 5.06. The lowest BCUT2D eigenvalue weighted by molar-refractivity contribution is 0.251. The summed E-state index contributed by atoms with van der Waals surface area (Å²) in [5, 5.41) is 12.6. The molecule has 1 aromatic carbocycles. The van der Waals surface area contributed by atoms with Crippen LogP contribution in [0.25, 0.3) is 0 Å². The van der Waals surface area contributed by atoms with Crippen molar-refractivity contribution in [3.8, 4) is 0 Å². The standard InChI is InChI=1S/C9H13ClN2O/c1-12-9(5-13)7-4-6(10)2-3-8(7)11/h2-4,9,12-13H,5,11H2,1H3/t9-/m0/s1. The first kappa shape index (κ1) is 10.3. The van der Waals surface area contributed by atoms with Crippen molar-refractivity contribution >= 4 is 17.3 Å². The van der Waals surface area contributed by atoms with Gasteiger partial charge >= 0.3 is 0 Å². The molecule has 0 aliphatic carbocycles. The smallest absolute Gasteiger partial charge is 0.0627 e. The topological polar surface area (TPSA) is 58.3 Å². The van der Waals surface area contributed by atoms with E-state index in [4.69, 9.17) is 22.4 Å². The van der Waals surface area contributed by atoms with Crippen LogP contribution in [0.2, 0.25) is 5.02 Å². The quantitative estimate of drug-likeness (QED) is 0.643. The zero-order chi connectivity index (χ0) is 9.84. The van der Waals surface area contributed by atoms with Crippen molar-refractivity contribution < 1.29 is 5.11 Å². The van der Waals surface area contributed by atoms with Gasteiger partial charge in [0.2, 0.25) is 0 Å². The average molecular weight is 201 g/mol. The zero-order valence-corrected chi connectivity index (χ0v) is 8.17. The molecule has 0 bridgehead atoms. The maximum absolute atomic E-state index is 9.03. The third kappa shape index (κ3) is 2.34. The van der Waals surface area contributed by atoms with Crippen LogP contribution >= 0.6 is 11.6 Å². The van der Waals surface area contributed by atoms with E-state index in [1.54, 1.807) is 25.2 Å². The van der Waals surface area contributed by atoms with Gasteiger partial charge in [-0.25, -0.2) is 0 Å². The van der Waals surface area contributed by atoms with Crippen molar-refractivity contribution in [1.29, 1.82) is 0 Å². The first-order valence-corrected chi connectivity index (χ1v) is 4.40. The Morgan fingerprint density at radius 2 is 2.31 bits per heavy atom. The lowest BCUT2D eigenvalue weighted by atomic mass is 10.1. The van der Waals surface area contributed by atoms with E-state index in [1.807, 2.05) is 0 Å². The Hall–Kier alpha value is -0.770. The highest BCUT2D eigenvalue weighted by Gasteiger charge is 2.10. The van der Waals surface area contributed by atoms with Crippen LogP contribution in [0, 0.1) is 0 Å². The van der Waals surface area contributed by atoms with Crippen LogP contribution in [-0.4, -0.2) is 18.8 Å². The summed E-state index contributed by atoms with van der Waals surface area (Å²) in [6.45, 7) is 0.00103. The first-order valence-electron chi connectivity index (χ1n) is 4.02. The second-order valence-corrected chi connectivity index (χ2v) is 3.23. The molecule has 1 aromatic rings. The summed E-state index contributed by atoms with van der Waals surface area (Å²) >= 11 is 5.81. The van der Waals surface area contributed by atoms with Crippen molar-refractivity contribution in [2.45, 2.75) is 6.04 Å². The number of likely N-dealkylation sites (N-methyl/N-ethyl adjacent to an activating group) is 1. The highest BCUT2D eigenvalue weighted by molar-refractivity contribution is 6.30. The molecule has 4 N–H and O–H groups in total. The number of hydrogen-bond donors (Lipinski definition) is 3. The highest BCUT2D eigenvalue weighted by atomic mass is 35.5. The number of nitrogens with one attached hydrogen (secondary N) is 1. The molecule has 4 heteroatoms. The highest BCUT2D eigenvalue weighted by Crippen LogP contribution is 2.23. The number of halogens is 1. The largest absolute Gasteiger partial charge is 0.398 e. The minimum absolute atomic E-state index is 0.00103. The molecule has 0 radical (unpaired) electrons. The van der Waals surface area contributed by atoms with Crippen LogP contribution in [0.1, 0.15) is 11.6 Å². The van der Waals surface area contributed by atoms with Gasteiger partial charge in [0.1, 0.15) is 0 Å². The number of benzene rings is 1. The van der Waals surface area contributed by atoms with Gasteiger partial charge < -0.3 is 16.2 Å². The Labute approximate surface area is 82.5 Å². The van der Waals surface area contributed by atoms with Crippen LogP contribution in [-0.2, 0) is 0 Å². The van der Waals surface area contributed by atoms with E-state index >= 15 is 0 Å². The van der Waals surface area contributed by atoms with E-state index in [-0.39, 0.29) is 12.6 Å². The van der Waals surface area contributed by atoms with Gasteiger partial charge in [0, 0.05) is 10.7 Å². The molecule has 0 spiro atoms. The normalized spacial score (nSPS) is 12.8. The predicted molar refractivity (Wildman–Crippen MR) is 54.8 cm³/mol. The second-order valence-electron chi connectivity index (χ2n) is 2.80. The van der Waals surface area contributed by atoms with E-state index in [0.717, 1.165) is 5.56 Å². The van der Waals surface area contributed by atoms with Gasteiger partial charge in [-0.1, -0.05) is 11.6 Å². The van der Waals surface area contributed by atoms with Gasteiger partial charge in [-0.3, -0.25) is 0 Å². The van der Waals surface area contributed by atoms with Gasteiger partial charge in [-0.15, -0.1) is 0 Å². The minimum Gasteiger partial charge on any atom is -0.398 e. The van der Waals surface area contributed by atoms with Crippen LogP contribution in [0.4, 0.5) is 5.69 Å². The monoisotopic (exact) mass is 200 g/mol. The fourth-order valence-corrected chi connectivity index (χ4v) is 1.37. The van der Waals surface area contributed by atoms with Gasteiger partial charge in [0.25, 0.3) is 0 Å². The lowest BCUT2D eigenvalue weighted by Gasteiger charge is -2.15. The second kappa shape index (κ2) is 4.46. The lowest BCUT2D eigenvalue weighted by Crippen LogP contribution is -2.21. The molecule has 13 heavy (non-hydrogen) atoms. The maximum atomic E-state index is 9.03. The third-order valence-electron chi connectivity index (χ3n) is 1.96. The average Bonchev–Trinajstić information content (AvgIpc) is 2.13. The van der Waals surface area contributed by atoms with Crippen molar-refractivity contribution in [1.82, 2.24) is 5.32 Å². The minimum atomic E-state index is -0.154. The summed E-state index contributed by atoms with van der Waals surface area (Å²) < 4.78 is 0. The summed E-state index contributed by atoms with van der Waals surface area (Å²) in [4.78, 5) is 0. The van der Waals surface area contributed by atoms with Gasteiger partial charge in [0.15, 0.2) is 0 Å². The van der Waals surface area contributed by atoms with Crippen molar-refractivity contribution in [2.75, 3.05) is 19.4 Å². The first-order chi connectivity index (χ1) is 6.19. The van der Waals surface area contributed by atoms with Gasteiger partial charge in [-0.05, 0) is 30.8 Å². The Balaban J connectivity index is 3.03. The van der Waals surface area contributed by atoms with Gasteiger partial charge in [-0.2, -0.15) is 0 Å². The molecule has 1 rings (SSSR count). The SMILES string of the molecule is CN[C@@H](CO)c1cc(Cl)ccc1N. The Morgan fingerprint density at radius 1 is 1.62 bits per heavy atom. The van der Waals surface area contributed by atoms with Crippen LogP contribution < -0.4 is 11.1 Å². The van der Waals surface area contributed by atoms with Crippen LogP contribution in [0.15, 0.2) is 18.2 Å². The number of nitrogen functional groups attached to an aromatic ring is 1. The number of rotatable bonds is 3. The van der Waals surface area contributed by atoms with E-state index in [0.29, 0.717) is 10.7 Å². The zero-order valence-electron chi connectivity index (χ0n) is 7.42.